The van der Waals surface area contributed by atoms with Crippen LogP contribution < -0.4 is 0 Å². The number of benzene rings is 1. The zero-order valence-corrected chi connectivity index (χ0v) is 7.77. The molecule has 3 nitrogen and oxygen atoms in total. The predicted molar refractivity (Wildman–Crippen MR) is 50.7 cm³/mol. The van der Waals surface area contributed by atoms with Crippen LogP contribution in [-0.2, 0) is 16.0 Å². The second-order valence-corrected chi connectivity index (χ2v) is 3.58. The smallest absolute Gasteiger partial charge is 0.338 e. The van der Waals surface area contributed by atoms with Crippen LogP contribution in [0.4, 0.5) is 0 Å². The summed E-state index contributed by atoms with van der Waals surface area (Å²) < 4.78 is 4.75. The lowest BCUT2D eigenvalue weighted by atomic mass is 9.93. The minimum absolute atomic E-state index is 0.322. The number of rotatable bonds is 2. The van der Waals surface area contributed by atoms with E-state index < -0.39 is 11.6 Å². The lowest BCUT2D eigenvalue weighted by Gasteiger charge is -2.17. The Morgan fingerprint density at radius 3 is 2.64 bits per heavy atom. The molecule has 1 saturated heterocycles. The highest BCUT2D eigenvalue weighted by atomic mass is 16.6. The van der Waals surface area contributed by atoms with Crippen LogP contribution in [0.5, 0.6) is 0 Å². The number of hydrogen-bond donors (Lipinski definition) is 1. The third-order valence-electron chi connectivity index (χ3n) is 2.47. The quantitative estimate of drug-likeness (QED) is 0.708. The van der Waals surface area contributed by atoms with Crippen molar-refractivity contribution in [2.45, 2.75) is 18.4 Å². The van der Waals surface area contributed by atoms with E-state index in [-0.39, 0.29) is 0 Å². The molecule has 3 heteroatoms. The standard InChI is InChI=1S/C11H12O3/c12-10-11(13,6-7-14-10)8-9-4-2-1-3-5-9/h1-5,13H,6-8H2. The average molecular weight is 192 g/mol. The maximum absolute atomic E-state index is 11.2. The van der Waals surface area contributed by atoms with Gasteiger partial charge in [0.05, 0.1) is 6.61 Å². The molecule has 0 bridgehead atoms. The Balaban J connectivity index is 2.14. The maximum atomic E-state index is 11.2. The molecule has 1 heterocycles. The van der Waals surface area contributed by atoms with E-state index in [0.29, 0.717) is 19.4 Å². The molecule has 74 valence electrons. The monoisotopic (exact) mass is 192 g/mol. The van der Waals surface area contributed by atoms with Crippen molar-refractivity contribution in [1.82, 2.24) is 0 Å². The Morgan fingerprint density at radius 2 is 2.07 bits per heavy atom. The van der Waals surface area contributed by atoms with Gasteiger partial charge in [0.1, 0.15) is 0 Å². The molecule has 0 aromatic heterocycles. The number of hydrogen-bond acceptors (Lipinski definition) is 3. The molecule has 1 fully saturated rings. The van der Waals surface area contributed by atoms with Gasteiger partial charge in [-0.05, 0) is 5.56 Å². The Labute approximate surface area is 82.3 Å². The predicted octanol–water partition coefficient (Wildman–Crippen LogP) is 0.907. The van der Waals surface area contributed by atoms with E-state index in [9.17, 15) is 9.90 Å². The van der Waals surface area contributed by atoms with E-state index in [1.165, 1.54) is 0 Å². The van der Waals surface area contributed by atoms with E-state index >= 15 is 0 Å². The highest BCUT2D eigenvalue weighted by Gasteiger charge is 2.42. The SMILES string of the molecule is O=C1OCCC1(O)Cc1ccccc1. The minimum atomic E-state index is -1.30. The number of ether oxygens (including phenoxy) is 1. The molecule has 0 aliphatic carbocycles. The van der Waals surface area contributed by atoms with Gasteiger partial charge < -0.3 is 9.84 Å². The number of esters is 1. The van der Waals surface area contributed by atoms with Crippen molar-refractivity contribution in [3.05, 3.63) is 35.9 Å². The maximum Gasteiger partial charge on any atom is 0.338 e. The first-order valence-corrected chi connectivity index (χ1v) is 4.64. The number of cyclic esters (lactones) is 1. The lowest BCUT2D eigenvalue weighted by Crippen LogP contribution is -2.36. The summed E-state index contributed by atoms with van der Waals surface area (Å²) in [7, 11) is 0. The summed E-state index contributed by atoms with van der Waals surface area (Å²) in [5, 5.41) is 9.94. The van der Waals surface area contributed by atoms with Crippen LogP contribution >= 0.6 is 0 Å². The molecule has 0 amide bonds. The summed E-state index contributed by atoms with van der Waals surface area (Å²) in [6.07, 6.45) is 0.730. The van der Waals surface area contributed by atoms with Crippen LogP contribution in [0.25, 0.3) is 0 Å². The Morgan fingerprint density at radius 1 is 1.36 bits per heavy atom. The first-order chi connectivity index (χ1) is 6.71. The number of carbonyl (C=O) groups is 1. The third kappa shape index (κ3) is 1.63. The number of aliphatic hydroxyl groups is 1. The molecular formula is C11H12O3. The molecular weight excluding hydrogens is 180 g/mol. The molecule has 1 atom stereocenters. The van der Waals surface area contributed by atoms with Crippen LogP contribution in [-0.4, -0.2) is 23.3 Å². The first kappa shape index (κ1) is 9.21. The van der Waals surface area contributed by atoms with E-state index in [1.807, 2.05) is 30.3 Å². The van der Waals surface area contributed by atoms with Crippen LogP contribution in [0.15, 0.2) is 30.3 Å². The van der Waals surface area contributed by atoms with Crippen molar-refractivity contribution in [2.75, 3.05) is 6.61 Å². The van der Waals surface area contributed by atoms with Gasteiger partial charge in [-0.15, -0.1) is 0 Å². The second kappa shape index (κ2) is 3.42. The fourth-order valence-electron chi connectivity index (χ4n) is 1.64. The molecule has 1 unspecified atom stereocenters. The fourth-order valence-corrected chi connectivity index (χ4v) is 1.64. The molecule has 1 aromatic rings. The van der Waals surface area contributed by atoms with Gasteiger partial charge in [0.15, 0.2) is 5.60 Å². The molecule has 0 saturated carbocycles. The van der Waals surface area contributed by atoms with Crippen LogP contribution in [0.3, 0.4) is 0 Å². The van der Waals surface area contributed by atoms with Crippen molar-refractivity contribution in [2.24, 2.45) is 0 Å². The third-order valence-corrected chi connectivity index (χ3v) is 2.47. The minimum Gasteiger partial charge on any atom is -0.463 e. The first-order valence-electron chi connectivity index (χ1n) is 4.64. The summed E-state index contributed by atoms with van der Waals surface area (Å²) >= 11 is 0. The molecule has 1 aliphatic heterocycles. The lowest BCUT2D eigenvalue weighted by molar-refractivity contribution is -0.152. The summed E-state index contributed by atoms with van der Waals surface area (Å²) in [6.45, 7) is 0.322. The summed E-state index contributed by atoms with van der Waals surface area (Å²) in [5.41, 5.74) is -0.352. The van der Waals surface area contributed by atoms with E-state index in [4.69, 9.17) is 4.74 Å². The molecule has 14 heavy (non-hydrogen) atoms. The molecule has 2 rings (SSSR count). The van der Waals surface area contributed by atoms with Gasteiger partial charge in [0, 0.05) is 12.8 Å². The van der Waals surface area contributed by atoms with Gasteiger partial charge in [-0.25, -0.2) is 4.79 Å². The van der Waals surface area contributed by atoms with Gasteiger partial charge in [0.25, 0.3) is 0 Å². The van der Waals surface area contributed by atoms with Crippen LogP contribution in [0, 0.1) is 0 Å². The molecule has 1 aromatic carbocycles. The van der Waals surface area contributed by atoms with Crippen molar-refractivity contribution in [1.29, 1.82) is 0 Å². The van der Waals surface area contributed by atoms with Crippen molar-refractivity contribution < 1.29 is 14.6 Å². The number of carbonyl (C=O) groups excluding carboxylic acids is 1. The van der Waals surface area contributed by atoms with Gasteiger partial charge in [-0.3, -0.25) is 0 Å². The normalized spacial score (nSPS) is 26.2. The van der Waals surface area contributed by atoms with E-state index in [1.54, 1.807) is 0 Å². The summed E-state index contributed by atoms with van der Waals surface area (Å²) in [4.78, 5) is 11.2. The molecule has 0 radical (unpaired) electrons. The van der Waals surface area contributed by atoms with Crippen molar-refractivity contribution in [3.8, 4) is 0 Å². The highest BCUT2D eigenvalue weighted by Crippen LogP contribution is 2.24. The van der Waals surface area contributed by atoms with Crippen LogP contribution in [0.2, 0.25) is 0 Å². The summed E-state index contributed by atoms with van der Waals surface area (Å²) in [5.74, 6) is -0.499. The van der Waals surface area contributed by atoms with Crippen molar-refractivity contribution in [3.63, 3.8) is 0 Å². The molecule has 0 spiro atoms. The Hall–Kier alpha value is -1.35. The van der Waals surface area contributed by atoms with Crippen molar-refractivity contribution >= 4 is 5.97 Å². The van der Waals surface area contributed by atoms with E-state index in [2.05, 4.69) is 0 Å². The van der Waals surface area contributed by atoms with E-state index in [0.717, 1.165) is 5.56 Å². The van der Waals surface area contributed by atoms with Gasteiger partial charge in [-0.2, -0.15) is 0 Å². The second-order valence-electron chi connectivity index (χ2n) is 3.58. The topological polar surface area (TPSA) is 46.5 Å². The van der Waals surface area contributed by atoms with Gasteiger partial charge >= 0.3 is 5.97 Å². The molecule has 1 N–H and O–H groups in total. The Kier molecular flexibility index (Phi) is 2.25. The highest BCUT2D eigenvalue weighted by molar-refractivity contribution is 5.81. The molecule has 1 aliphatic rings. The largest absolute Gasteiger partial charge is 0.463 e. The summed E-state index contributed by atoms with van der Waals surface area (Å²) in [6, 6.07) is 9.46. The average Bonchev–Trinajstić information content (AvgIpc) is 2.48. The Bertz CT molecular complexity index is 334. The van der Waals surface area contributed by atoms with Gasteiger partial charge in [0.2, 0.25) is 0 Å². The van der Waals surface area contributed by atoms with Crippen LogP contribution in [0.1, 0.15) is 12.0 Å². The zero-order chi connectivity index (χ0) is 10.0. The fraction of sp³-hybridized carbons (Fsp3) is 0.364. The van der Waals surface area contributed by atoms with Gasteiger partial charge in [-0.1, -0.05) is 30.3 Å². The zero-order valence-electron chi connectivity index (χ0n) is 7.77.